The van der Waals surface area contributed by atoms with E-state index in [1.807, 2.05) is 61.5 Å². The lowest BCUT2D eigenvalue weighted by Gasteiger charge is -2.07. The maximum atomic E-state index is 9.52. The monoisotopic (exact) mass is 457 g/mol. The van der Waals surface area contributed by atoms with Gasteiger partial charge in [0, 0.05) is 4.47 Å². The molecule has 0 spiro atoms. The fourth-order valence-electron chi connectivity index (χ4n) is 2.30. The molecule has 0 saturated heterocycles. The lowest BCUT2D eigenvalue weighted by atomic mass is 10.2. The van der Waals surface area contributed by atoms with Crippen LogP contribution in [0.1, 0.15) is 17.0 Å². The molecular weight excluding hydrogens is 446 g/mol. The highest BCUT2D eigenvalue weighted by molar-refractivity contribution is 9.18. The highest BCUT2D eigenvalue weighted by Crippen LogP contribution is 2.22. The maximum Gasteiger partial charge on any atom is 0.153 e. The van der Waals surface area contributed by atoms with Crippen molar-refractivity contribution in [1.29, 1.82) is 5.26 Å². The molecule has 3 rings (SSSR count). The maximum absolute atomic E-state index is 9.52. The third kappa shape index (κ3) is 3.81. The summed E-state index contributed by atoms with van der Waals surface area (Å²) in [5.41, 5.74) is 6.41. The van der Waals surface area contributed by atoms with E-state index in [1.165, 1.54) is 0 Å². The number of rotatable bonds is 4. The van der Waals surface area contributed by atoms with Crippen LogP contribution in [0.3, 0.4) is 0 Å². The van der Waals surface area contributed by atoms with Gasteiger partial charge in [0.2, 0.25) is 0 Å². The molecule has 0 aliphatic carbocycles. The Bertz CT molecular complexity index is 954. The summed E-state index contributed by atoms with van der Waals surface area (Å²) in [5.74, 6) is 0. The number of halogens is 2. The van der Waals surface area contributed by atoms with Crippen LogP contribution in [0.25, 0.3) is 5.69 Å². The zero-order chi connectivity index (χ0) is 17.8. The van der Waals surface area contributed by atoms with E-state index in [4.69, 9.17) is 0 Å². The Morgan fingerprint density at radius 2 is 1.84 bits per heavy atom. The van der Waals surface area contributed by atoms with Gasteiger partial charge in [0.1, 0.15) is 17.3 Å². The summed E-state index contributed by atoms with van der Waals surface area (Å²) in [6.07, 6.45) is 0. The molecule has 0 aliphatic heterocycles. The Labute approximate surface area is 162 Å². The predicted molar refractivity (Wildman–Crippen MR) is 106 cm³/mol. The van der Waals surface area contributed by atoms with Crippen LogP contribution in [0.15, 0.2) is 64.2 Å². The van der Waals surface area contributed by atoms with Gasteiger partial charge in [-0.25, -0.2) is 4.68 Å². The van der Waals surface area contributed by atoms with Gasteiger partial charge >= 0.3 is 0 Å². The minimum absolute atomic E-state index is 0.483. The first-order valence-corrected chi connectivity index (χ1v) is 8.99. The largest absolute Gasteiger partial charge is 0.277 e. The number of hydrogen-bond acceptors (Lipinski definition) is 4. The van der Waals surface area contributed by atoms with Crippen molar-refractivity contribution < 1.29 is 0 Å². The molecule has 1 heterocycles. The average Bonchev–Trinajstić information content (AvgIpc) is 2.98. The van der Waals surface area contributed by atoms with Gasteiger partial charge in [0.25, 0.3) is 0 Å². The fourth-order valence-corrected chi connectivity index (χ4v) is 3.02. The molecule has 7 heteroatoms. The Morgan fingerprint density at radius 1 is 1.16 bits per heavy atom. The SMILES string of the molecule is Cc1nn(-c2ccccc2)c(/C(Br)=N/Nc2ccc(Br)cc2)c1C#N. The third-order valence-electron chi connectivity index (χ3n) is 3.50. The smallest absolute Gasteiger partial charge is 0.153 e. The van der Waals surface area contributed by atoms with Crippen molar-refractivity contribution in [2.24, 2.45) is 5.10 Å². The standard InChI is InChI=1S/C18H13Br2N5/c1-12-16(11-21)17(25(24-12)15-5-3-2-4-6-15)18(20)23-22-14-9-7-13(19)8-10-14/h2-10,22H,1H3/b23-18-. The van der Waals surface area contributed by atoms with Gasteiger partial charge < -0.3 is 0 Å². The van der Waals surface area contributed by atoms with E-state index in [1.54, 1.807) is 4.68 Å². The van der Waals surface area contributed by atoms with Gasteiger partial charge in [-0.2, -0.15) is 15.5 Å². The number of benzene rings is 2. The number of hydrogen-bond donors (Lipinski definition) is 1. The molecule has 0 unspecified atom stereocenters. The molecule has 0 aliphatic rings. The summed E-state index contributed by atoms with van der Waals surface area (Å²) in [4.78, 5) is 0. The average molecular weight is 459 g/mol. The number of nitrogens with one attached hydrogen (secondary N) is 1. The van der Waals surface area contributed by atoms with Crippen molar-refractivity contribution in [3.05, 3.63) is 76.0 Å². The first-order valence-electron chi connectivity index (χ1n) is 7.40. The molecule has 0 radical (unpaired) electrons. The van der Waals surface area contributed by atoms with E-state index >= 15 is 0 Å². The second-order valence-corrected chi connectivity index (χ2v) is 6.86. The molecule has 0 amide bonds. The van der Waals surface area contributed by atoms with E-state index in [0.717, 1.165) is 15.8 Å². The van der Waals surface area contributed by atoms with Gasteiger partial charge in [0.15, 0.2) is 4.62 Å². The Balaban J connectivity index is 2.01. The van der Waals surface area contributed by atoms with Crippen molar-refractivity contribution >= 4 is 42.2 Å². The van der Waals surface area contributed by atoms with Crippen molar-refractivity contribution in [3.8, 4) is 11.8 Å². The molecule has 0 bridgehead atoms. The Kier molecular flexibility index (Phi) is 5.31. The minimum Gasteiger partial charge on any atom is -0.277 e. The van der Waals surface area contributed by atoms with E-state index in [-0.39, 0.29) is 0 Å². The van der Waals surface area contributed by atoms with Crippen LogP contribution in [0.2, 0.25) is 0 Å². The highest BCUT2D eigenvalue weighted by Gasteiger charge is 2.19. The predicted octanol–water partition coefficient (Wildman–Crippen LogP) is 4.98. The lowest BCUT2D eigenvalue weighted by Crippen LogP contribution is -2.08. The summed E-state index contributed by atoms with van der Waals surface area (Å²) >= 11 is 6.88. The molecule has 1 N–H and O–H groups in total. The normalized spacial score (nSPS) is 11.2. The molecule has 124 valence electrons. The molecular formula is C18H13Br2N5. The molecule has 1 aromatic heterocycles. The quantitative estimate of drug-likeness (QED) is 0.442. The summed E-state index contributed by atoms with van der Waals surface area (Å²) in [7, 11) is 0. The number of aromatic nitrogens is 2. The van der Waals surface area contributed by atoms with E-state index in [0.29, 0.717) is 21.6 Å². The van der Waals surface area contributed by atoms with Gasteiger partial charge in [-0.1, -0.05) is 34.1 Å². The van der Waals surface area contributed by atoms with Crippen LogP contribution < -0.4 is 5.43 Å². The van der Waals surface area contributed by atoms with Gasteiger partial charge in [-0.3, -0.25) is 5.43 Å². The number of nitrogens with zero attached hydrogens (tertiary/aromatic N) is 4. The van der Waals surface area contributed by atoms with Crippen molar-refractivity contribution in [1.82, 2.24) is 9.78 Å². The molecule has 5 nitrogen and oxygen atoms in total. The van der Waals surface area contributed by atoms with E-state index in [9.17, 15) is 5.26 Å². The summed E-state index contributed by atoms with van der Waals surface area (Å²) in [5, 5.41) is 18.4. The topological polar surface area (TPSA) is 66.0 Å². The number of aryl methyl sites for hydroxylation is 1. The highest BCUT2D eigenvalue weighted by atomic mass is 79.9. The van der Waals surface area contributed by atoms with E-state index in [2.05, 4.69) is 53.6 Å². The van der Waals surface area contributed by atoms with Gasteiger partial charge in [-0.05, 0) is 59.3 Å². The van der Waals surface area contributed by atoms with Crippen LogP contribution in [0.5, 0.6) is 0 Å². The summed E-state index contributed by atoms with van der Waals surface area (Å²) in [6.45, 7) is 1.81. The summed E-state index contributed by atoms with van der Waals surface area (Å²) in [6, 6.07) is 19.5. The summed E-state index contributed by atoms with van der Waals surface area (Å²) < 4.78 is 3.20. The number of para-hydroxylation sites is 1. The van der Waals surface area contributed by atoms with Crippen LogP contribution >= 0.6 is 31.9 Å². The third-order valence-corrected chi connectivity index (χ3v) is 4.58. The molecule has 0 saturated carbocycles. The van der Waals surface area contributed by atoms with Crippen molar-refractivity contribution in [3.63, 3.8) is 0 Å². The molecule has 0 fully saturated rings. The molecule has 2 aromatic carbocycles. The number of nitriles is 1. The molecule has 0 atom stereocenters. The Hall–Kier alpha value is -2.43. The van der Waals surface area contributed by atoms with Crippen LogP contribution in [0, 0.1) is 18.3 Å². The van der Waals surface area contributed by atoms with Crippen molar-refractivity contribution in [2.45, 2.75) is 6.92 Å². The molecule has 3 aromatic rings. The van der Waals surface area contributed by atoms with Gasteiger partial charge in [-0.15, -0.1) is 0 Å². The van der Waals surface area contributed by atoms with Gasteiger partial charge in [0.05, 0.1) is 17.1 Å². The number of hydrazone groups is 1. The zero-order valence-electron chi connectivity index (χ0n) is 13.2. The van der Waals surface area contributed by atoms with Crippen LogP contribution in [0.4, 0.5) is 5.69 Å². The first kappa shape index (κ1) is 17.4. The van der Waals surface area contributed by atoms with Crippen molar-refractivity contribution in [2.75, 3.05) is 5.43 Å². The zero-order valence-corrected chi connectivity index (χ0v) is 16.4. The lowest BCUT2D eigenvalue weighted by molar-refractivity contribution is 0.856. The number of anilines is 1. The van der Waals surface area contributed by atoms with E-state index < -0.39 is 0 Å². The molecule has 25 heavy (non-hydrogen) atoms. The van der Waals surface area contributed by atoms with Crippen LogP contribution in [-0.4, -0.2) is 14.4 Å². The minimum atomic E-state index is 0.483. The fraction of sp³-hybridized carbons (Fsp3) is 0.0556. The second-order valence-electron chi connectivity index (χ2n) is 5.19. The van der Waals surface area contributed by atoms with Crippen LogP contribution in [-0.2, 0) is 0 Å². The first-order chi connectivity index (χ1) is 12.1. The second kappa shape index (κ2) is 7.64. The Morgan fingerprint density at radius 3 is 2.48 bits per heavy atom.